The van der Waals surface area contributed by atoms with Gasteiger partial charge in [-0.25, -0.2) is 9.97 Å². The normalized spacial score (nSPS) is 11.6. The van der Waals surface area contributed by atoms with Gasteiger partial charge in [0.15, 0.2) is 5.02 Å². The van der Waals surface area contributed by atoms with E-state index in [9.17, 15) is 4.79 Å². The monoisotopic (exact) mass is 514 g/mol. The zero-order chi connectivity index (χ0) is 24.6. The maximum atomic E-state index is 13.2. The molecule has 3 aromatic heterocycles. The Kier molecular flexibility index (Phi) is 6.80. The van der Waals surface area contributed by atoms with Gasteiger partial charge in [0.2, 0.25) is 5.88 Å². The largest absolute Gasteiger partial charge is 0.472 e. The van der Waals surface area contributed by atoms with Gasteiger partial charge in [-0.2, -0.15) is 4.98 Å². The number of hydrogen-bond donors (Lipinski definition) is 0. The highest BCUT2D eigenvalue weighted by molar-refractivity contribution is 7.10. The summed E-state index contributed by atoms with van der Waals surface area (Å²) in [5.41, 5.74) is 2.33. The summed E-state index contributed by atoms with van der Waals surface area (Å²) in [5.74, 6) is 1.23. The number of benzene rings is 1. The standard InChI is InChI=1S/C25H24Cl2N4O2S/c1-14-10-16(13-34-14)12-33-22-21(27)23(32)31(15(2)29-22)20-11-17(6-7-18(20)26)19-8-9-28-24(30-19)25(3,4)5/h6-11,13H,12H2,1-5H3. The van der Waals surface area contributed by atoms with E-state index < -0.39 is 5.56 Å². The second kappa shape index (κ2) is 9.49. The number of ether oxygens (including phenoxy) is 1. The zero-order valence-corrected chi connectivity index (χ0v) is 21.8. The smallest absolute Gasteiger partial charge is 0.280 e. The number of halogens is 2. The first kappa shape index (κ1) is 24.4. The zero-order valence-electron chi connectivity index (χ0n) is 19.5. The highest BCUT2D eigenvalue weighted by Gasteiger charge is 2.20. The lowest BCUT2D eigenvalue weighted by atomic mass is 9.95. The van der Waals surface area contributed by atoms with Gasteiger partial charge in [0, 0.05) is 27.6 Å². The molecule has 0 aliphatic rings. The van der Waals surface area contributed by atoms with Crippen molar-refractivity contribution in [2.45, 2.75) is 46.6 Å². The highest BCUT2D eigenvalue weighted by Crippen LogP contribution is 2.30. The molecule has 0 aliphatic heterocycles. The van der Waals surface area contributed by atoms with Crippen molar-refractivity contribution in [2.75, 3.05) is 0 Å². The van der Waals surface area contributed by atoms with Crippen molar-refractivity contribution in [3.8, 4) is 22.8 Å². The molecule has 0 radical (unpaired) electrons. The first-order chi connectivity index (χ1) is 16.0. The van der Waals surface area contributed by atoms with Gasteiger partial charge < -0.3 is 4.74 Å². The van der Waals surface area contributed by atoms with Crippen molar-refractivity contribution in [1.29, 1.82) is 0 Å². The molecule has 34 heavy (non-hydrogen) atoms. The van der Waals surface area contributed by atoms with E-state index >= 15 is 0 Å². The van der Waals surface area contributed by atoms with Gasteiger partial charge >= 0.3 is 0 Å². The van der Waals surface area contributed by atoms with Crippen molar-refractivity contribution in [3.63, 3.8) is 0 Å². The van der Waals surface area contributed by atoms with E-state index in [4.69, 9.17) is 32.9 Å². The molecule has 176 valence electrons. The molecule has 0 unspecified atom stereocenters. The molecule has 0 saturated carbocycles. The van der Waals surface area contributed by atoms with Crippen LogP contribution in [-0.2, 0) is 12.0 Å². The van der Waals surface area contributed by atoms with Crippen LogP contribution < -0.4 is 10.3 Å². The number of aryl methyl sites for hydroxylation is 2. The van der Waals surface area contributed by atoms with Crippen molar-refractivity contribution in [1.82, 2.24) is 19.5 Å². The molecule has 1 aromatic carbocycles. The number of nitrogens with zero attached hydrogens (tertiary/aromatic N) is 4. The van der Waals surface area contributed by atoms with Gasteiger partial charge in [-0.05, 0) is 43.5 Å². The molecule has 4 aromatic rings. The number of rotatable bonds is 5. The first-order valence-corrected chi connectivity index (χ1v) is 12.3. The summed E-state index contributed by atoms with van der Waals surface area (Å²) >= 11 is 14.5. The minimum Gasteiger partial charge on any atom is -0.472 e. The highest BCUT2D eigenvalue weighted by atomic mass is 35.5. The minimum absolute atomic E-state index is 0.0992. The van der Waals surface area contributed by atoms with Crippen LogP contribution in [0.1, 0.15) is 42.9 Å². The molecule has 0 aliphatic carbocycles. The fraction of sp³-hybridized carbons (Fsp3) is 0.280. The van der Waals surface area contributed by atoms with Crippen LogP contribution in [0.3, 0.4) is 0 Å². The van der Waals surface area contributed by atoms with E-state index in [2.05, 4.69) is 30.7 Å². The minimum atomic E-state index is -0.456. The lowest BCUT2D eigenvalue weighted by Crippen LogP contribution is -2.24. The van der Waals surface area contributed by atoms with Crippen molar-refractivity contribution < 1.29 is 4.74 Å². The molecule has 3 heterocycles. The fourth-order valence-corrected chi connectivity index (χ4v) is 4.49. The Morgan fingerprint density at radius 3 is 2.53 bits per heavy atom. The summed E-state index contributed by atoms with van der Waals surface area (Å²) in [5, 5.41) is 2.29. The Labute approximate surface area is 212 Å². The molecule has 4 rings (SSSR count). The molecule has 6 nitrogen and oxygen atoms in total. The molecule has 0 amide bonds. The third-order valence-corrected chi connectivity index (χ3v) is 6.69. The Bertz CT molecular complexity index is 1420. The van der Waals surface area contributed by atoms with E-state index in [1.165, 1.54) is 9.44 Å². The van der Waals surface area contributed by atoms with E-state index in [0.29, 0.717) is 16.5 Å². The molecular formula is C25H24Cl2N4O2S. The van der Waals surface area contributed by atoms with Crippen LogP contribution in [-0.4, -0.2) is 19.5 Å². The van der Waals surface area contributed by atoms with Crippen LogP contribution in [0, 0.1) is 13.8 Å². The predicted octanol–water partition coefficient (Wildman–Crippen LogP) is 6.55. The maximum Gasteiger partial charge on any atom is 0.280 e. The van der Waals surface area contributed by atoms with Gasteiger partial charge in [0.05, 0.1) is 16.4 Å². The van der Waals surface area contributed by atoms with Gasteiger partial charge in [0.1, 0.15) is 18.3 Å². The second-order valence-electron chi connectivity index (χ2n) is 8.95. The van der Waals surface area contributed by atoms with Crippen molar-refractivity contribution in [3.05, 3.63) is 84.4 Å². The van der Waals surface area contributed by atoms with Crippen molar-refractivity contribution in [2.24, 2.45) is 0 Å². The lowest BCUT2D eigenvalue weighted by Gasteiger charge is -2.18. The number of hydrogen-bond acceptors (Lipinski definition) is 6. The number of thiophene rings is 1. The Balaban J connectivity index is 1.73. The Hall–Kier alpha value is -2.74. The van der Waals surface area contributed by atoms with Crippen molar-refractivity contribution >= 4 is 34.5 Å². The van der Waals surface area contributed by atoms with Gasteiger partial charge in [-0.1, -0.05) is 50.0 Å². The SMILES string of the molecule is Cc1cc(COc2nc(C)n(-c3cc(-c4ccnc(C(C)(C)C)n4)ccc3Cl)c(=O)c2Cl)cs1. The fourth-order valence-electron chi connectivity index (χ4n) is 3.41. The summed E-state index contributed by atoms with van der Waals surface area (Å²) < 4.78 is 7.15. The Morgan fingerprint density at radius 2 is 1.85 bits per heavy atom. The number of aromatic nitrogens is 4. The third kappa shape index (κ3) is 5.02. The quantitative estimate of drug-likeness (QED) is 0.302. The summed E-state index contributed by atoms with van der Waals surface area (Å²) in [4.78, 5) is 28.0. The van der Waals surface area contributed by atoms with Crippen LogP contribution in [0.25, 0.3) is 16.9 Å². The van der Waals surface area contributed by atoms with Crippen LogP contribution in [0.5, 0.6) is 5.88 Å². The van der Waals surface area contributed by atoms with Crippen LogP contribution >= 0.6 is 34.5 Å². The second-order valence-corrected chi connectivity index (χ2v) is 10.9. The average Bonchev–Trinajstić information content (AvgIpc) is 3.21. The van der Waals surface area contributed by atoms with E-state index in [1.54, 1.807) is 36.6 Å². The van der Waals surface area contributed by atoms with Crippen LogP contribution in [0.4, 0.5) is 0 Å². The molecular weight excluding hydrogens is 491 g/mol. The summed E-state index contributed by atoms with van der Waals surface area (Å²) in [6.45, 7) is 10.2. The topological polar surface area (TPSA) is 69.9 Å². The summed E-state index contributed by atoms with van der Waals surface area (Å²) in [6.07, 6.45) is 1.73. The predicted molar refractivity (Wildman–Crippen MR) is 138 cm³/mol. The molecule has 0 saturated heterocycles. The molecule has 0 fully saturated rings. The Morgan fingerprint density at radius 1 is 1.09 bits per heavy atom. The van der Waals surface area contributed by atoms with E-state index in [-0.39, 0.29) is 22.9 Å². The first-order valence-electron chi connectivity index (χ1n) is 10.6. The summed E-state index contributed by atoms with van der Waals surface area (Å²) in [7, 11) is 0. The van der Waals surface area contributed by atoms with Gasteiger partial charge in [-0.15, -0.1) is 11.3 Å². The lowest BCUT2D eigenvalue weighted by molar-refractivity contribution is 0.292. The molecule has 0 bridgehead atoms. The third-order valence-electron chi connectivity index (χ3n) is 5.14. The maximum absolute atomic E-state index is 13.2. The molecule has 0 N–H and O–H groups in total. The molecule has 0 atom stereocenters. The average molecular weight is 515 g/mol. The van der Waals surface area contributed by atoms with E-state index in [0.717, 1.165) is 22.6 Å². The van der Waals surface area contributed by atoms with Crippen LogP contribution in [0.15, 0.2) is 46.7 Å². The van der Waals surface area contributed by atoms with E-state index in [1.807, 2.05) is 30.5 Å². The molecule has 9 heteroatoms. The van der Waals surface area contributed by atoms with Gasteiger partial charge in [-0.3, -0.25) is 9.36 Å². The van der Waals surface area contributed by atoms with Gasteiger partial charge in [0.25, 0.3) is 5.56 Å². The molecule has 0 spiro atoms. The van der Waals surface area contributed by atoms with Crippen LogP contribution in [0.2, 0.25) is 10.0 Å². The summed E-state index contributed by atoms with van der Waals surface area (Å²) in [6, 6.07) is 9.24.